The lowest BCUT2D eigenvalue weighted by molar-refractivity contribution is -0.137. The highest BCUT2D eigenvalue weighted by Gasteiger charge is 2.31. The van der Waals surface area contributed by atoms with Crippen LogP contribution in [0.5, 0.6) is 11.6 Å². The lowest BCUT2D eigenvalue weighted by Gasteiger charge is -2.23. The summed E-state index contributed by atoms with van der Waals surface area (Å²) < 4.78 is 45.2. The number of carbonyl (C=O) groups excluding carboxylic acids is 1. The second-order valence-corrected chi connectivity index (χ2v) is 7.27. The van der Waals surface area contributed by atoms with Crippen molar-refractivity contribution < 1.29 is 27.5 Å². The van der Waals surface area contributed by atoms with E-state index in [0.717, 1.165) is 17.7 Å². The molecule has 0 saturated heterocycles. The fourth-order valence-electron chi connectivity index (χ4n) is 3.37. The summed E-state index contributed by atoms with van der Waals surface area (Å²) in [6.45, 7) is 2.11. The van der Waals surface area contributed by atoms with E-state index in [1.54, 1.807) is 31.2 Å². The Bertz CT molecular complexity index is 1300. The Morgan fingerprint density at radius 1 is 0.941 bits per heavy atom. The van der Waals surface area contributed by atoms with Gasteiger partial charge in [0.2, 0.25) is 0 Å². The lowest BCUT2D eigenvalue weighted by Crippen LogP contribution is -2.31. The van der Waals surface area contributed by atoms with Crippen LogP contribution in [-0.2, 0) is 17.6 Å². The molecule has 0 aliphatic rings. The Morgan fingerprint density at radius 2 is 1.68 bits per heavy atom. The molecule has 0 atom stereocenters. The van der Waals surface area contributed by atoms with Crippen LogP contribution in [0.25, 0.3) is 10.9 Å². The van der Waals surface area contributed by atoms with Gasteiger partial charge in [-0.05, 0) is 36.8 Å². The summed E-state index contributed by atoms with van der Waals surface area (Å²) in [5.41, 5.74) is 0.411. The van der Waals surface area contributed by atoms with E-state index < -0.39 is 17.6 Å². The third kappa shape index (κ3) is 5.15. The summed E-state index contributed by atoms with van der Waals surface area (Å²) >= 11 is 0. The maximum atomic E-state index is 13.7. The summed E-state index contributed by atoms with van der Waals surface area (Å²) in [4.78, 5) is 19.3. The average molecular weight is 467 g/mol. The summed E-state index contributed by atoms with van der Waals surface area (Å²) in [7, 11) is 0. The zero-order valence-electron chi connectivity index (χ0n) is 18.1. The van der Waals surface area contributed by atoms with Crippen LogP contribution in [0.2, 0.25) is 0 Å². The van der Waals surface area contributed by atoms with Crippen LogP contribution in [0.4, 0.5) is 13.2 Å². The van der Waals surface area contributed by atoms with E-state index >= 15 is 0 Å². The van der Waals surface area contributed by atoms with Gasteiger partial charge in [-0.15, -0.1) is 10.2 Å². The Balaban J connectivity index is 1.77. The van der Waals surface area contributed by atoms with Crippen molar-refractivity contribution >= 4 is 16.8 Å². The average Bonchev–Trinajstić information content (AvgIpc) is 2.83. The third-order valence-electron chi connectivity index (χ3n) is 4.91. The Morgan fingerprint density at radius 3 is 2.41 bits per heavy atom. The van der Waals surface area contributed by atoms with Crippen molar-refractivity contribution in [3.63, 3.8) is 0 Å². The summed E-state index contributed by atoms with van der Waals surface area (Å²) in [6.07, 6.45) is -4.55. The lowest BCUT2D eigenvalue weighted by atomic mass is 10.1. The number of benzene rings is 3. The number of hydroxylamine groups is 2. The molecule has 0 saturated carbocycles. The van der Waals surface area contributed by atoms with Crippen LogP contribution in [-0.4, -0.2) is 27.8 Å². The smallest absolute Gasteiger partial charge is 0.416 e. The SMILES string of the molecule is CCON(Cc1ccccc1)C(=O)c1c(Oc2cccc(C(F)(F)F)c2)nnc2ccccc12. The number of hydrogen-bond donors (Lipinski definition) is 0. The number of carbonyl (C=O) groups is 1. The highest BCUT2D eigenvalue weighted by atomic mass is 19.4. The van der Waals surface area contributed by atoms with Crippen molar-refractivity contribution in [3.05, 3.63) is 95.6 Å². The molecule has 1 aromatic heterocycles. The highest BCUT2D eigenvalue weighted by molar-refractivity contribution is 6.07. The van der Waals surface area contributed by atoms with Gasteiger partial charge < -0.3 is 4.74 Å². The Labute approximate surface area is 193 Å². The number of ether oxygens (including phenoxy) is 1. The van der Waals surface area contributed by atoms with Gasteiger partial charge in [0.25, 0.3) is 11.8 Å². The molecule has 0 aliphatic heterocycles. The molecule has 34 heavy (non-hydrogen) atoms. The molecule has 4 aromatic rings. The molecule has 1 heterocycles. The van der Waals surface area contributed by atoms with E-state index in [0.29, 0.717) is 10.9 Å². The molecular formula is C25H20F3N3O3. The highest BCUT2D eigenvalue weighted by Crippen LogP contribution is 2.34. The van der Waals surface area contributed by atoms with Crippen LogP contribution in [0, 0.1) is 0 Å². The molecule has 9 heteroatoms. The predicted molar refractivity (Wildman–Crippen MR) is 119 cm³/mol. The third-order valence-corrected chi connectivity index (χ3v) is 4.91. The number of fused-ring (bicyclic) bond motifs is 1. The Kier molecular flexibility index (Phi) is 6.74. The number of aromatic nitrogens is 2. The first-order valence-electron chi connectivity index (χ1n) is 10.5. The van der Waals surface area contributed by atoms with Crippen LogP contribution in [0.15, 0.2) is 78.9 Å². The predicted octanol–water partition coefficient (Wildman–Crippen LogP) is 6.03. The maximum absolute atomic E-state index is 13.7. The number of halogens is 3. The minimum Gasteiger partial charge on any atom is -0.437 e. The molecule has 0 radical (unpaired) electrons. The molecule has 6 nitrogen and oxygen atoms in total. The molecule has 1 amide bonds. The Hall–Kier alpha value is -3.98. The van der Waals surface area contributed by atoms with Gasteiger partial charge in [-0.2, -0.15) is 13.2 Å². The van der Waals surface area contributed by atoms with Gasteiger partial charge in [0.15, 0.2) is 0 Å². The van der Waals surface area contributed by atoms with Crippen molar-refractivity contribution in [1.82, 2.24) is 15.3 Å². The number of amides is 1. The van der Waals surface area contributed by atoms with Crippen molar-refractivity contribution in [1.29, 1.82) is 0 Å². The molecule has 0 bridgehead atoms. The van der Waals surface area contributed by atoms with Gasteiger partial charge in [0.1, 0.15) is 11.3 Å². The van der Waals surface area contributed by atoms with E-state index in [4.69, 9.17) is 9.57 Å². The van der Waals surface area contributed by atoms with Gasteiger partial charge in [-0.3, -0.25) is 9.63 Å². The van der Waals surface area contributed by atoms with E-state index in [-0.39, 0.29) is 30.3 Å². The molecule has 0 aliphatic carbocycles. The largest absolute Gasteiger partial charge is 0.437 e. The van der Waals surface area contributed by atoms with Crippen LogP contribution >= 0.6 is 0 Å². The second-order valence-electron chi connectivity index (χ2n) is 7.27. The molecule has 174 valence electrons. The van der Waals surface area contributed by atoms with Crippen molar-refractivity contribution in [2.24, 2.45) is 0 Å². The van der Waals surface area contributed by atoms with Crippen LogP contribution in [0.1, 0.15) is 28.4 Å². The monoisotopic (exact) mass is 467 g/mol. The number of hydrogen-bond acceptors (Lipinski definition) is 5. The quantitative estimate of drug-likeness (QED) is 0.310. The molecule has 4 rings (SSSR count). The van der Waals surface area contributed by atoms with E-state index in [1.807, 2.05) is 30.3 Å². The molecule has 0 N–H and O–H groups in total. The maximum Gasteiger partial charge on any atom is 0.416 e. The number of alkyl halides is 3. The van der Waals surface area contributed by atoms with E-state index in [2.05, 4.69) is 10.2 Å². The number of rotatable bonds is 7. The number of nitrogens with zero attached hydrogens (tertiary/aromatic N) is 3. The van der Waals surface area contributed by atoms with Crippen molar-refractivity contribution in [2.45, 2.75) is 19.6 Å². The zero-order valence-corrected chi connectivity index (χ0v) is 18.1. The zero-order chi connectivity index (χ0) is 24.1. The first kappa shape index (κ1) is 23.2. The van der Waals surface area contributed by atoms with Gasteiger partial charge >= 0.3 is 6.18 Å². The molecular weight excluding hydrogens is 447 g/mol. The molecule has 0 unspecified atom stereocenters. The molecule has 3 aromatic carbocycles. The van der Waals surface area contributed by atoms with E-state index in [9.17, 15) is 18.0 Å². The minimum atomic E-state index is -4.55. The second kappa shape index (κ2) is 9.88. The fourth-order valence-corrected chi connectivity index (χ4v) is 3.37. The van der Waals surface area contributed by atoms with Crippen molar-refractivity contribution in [2.75, 3.05) is 6.61 Å². The van der Waals surface area contributed by atoms with Gasteiger partial charge in [0.05, 0.1) is 24.2 Å². The van der Waals surface area contributed by atoms with Crippen LogP contribution < -0.4 is 4.74 Å². The topological polar surface area (TPSA) is 64.5 Å². The fraction of sp³-hybridized carbons (Fsp3) is 0.160. The van der Waals surface area contributed by atoms with E-state index in [1.165, 1.54) is 17.2 Å². The summed E-state index contributed by atoms with van der Waals surface area (Å²) in [6, 6.07) is 20.4. The first-order chi connectivity index (χ1) is 16.4. The minimum absolute atomic E-state index is 0.0346. The normalized spacial score (nSPS) is 11.4. The molecule has 0 spiro atoms. The van der Waals surface area contributed by atoms with Gasteiger partial charge in [-0.1, -0.05) is 54.6 Å². The standard InChI is InChI=1S/C25H20F3N3O3/c1-2-33-31(16-17-9-4-3-5-10-17)24(32)22-20-13-6-7-14-21(20)29-30-23(22)34-19-12-8-11-18(15-19)25(26,27)28/h3-15H,2,16H2,1H3. The summed E-state index contributed by atoms with van der Waals surface area (Å²) in [5, 5.41) is 9.69. The molecule has 0 fully saturated rings. The van der Waals surface area contributed by atoms with Gasteiger partial charge in [-0.25, -0.2) is 5.06 Å². The first-order valence-corrected chi connectivity index (χ1v) is 10.5. The van der Waals surface area contributed by atoms with Crippen LogP contribution in [0.3, 0.4) is 0 Å². The van der Waals surface area contributed by atoms with Crippen molar-refractivity contribution in [3.8, 4) is 11.6 Å². The summed E-state index contributed by atoms with van der Waals surface area (Å²) in [5.74, 6) is -0.904. The van der Waals surface area contributed by atoms with Gasteiger partial charge in [0, 0.05) is 5.39 Å².